The number of aromatic nitrogens is 5. The number of carbonyl (C=O) groups is 1. The average molecular weight is 331 g/mol. The second-order valence-electron chi connectivity index (χ2n) is 5.16. The zero-order valence-corrected chi connectivity index (χ0v) is 13.0. The van der Waals surface area contributed by atoms with Gasteiger partial charge in [-0.1, -0.05) is 18.2 Å². The molecule has 0 fully saturated rings. The summed E-state index contributed by atoms with van der Waals surface area (Å²) in [6, 6.07) is 12.5. The summed E-state index contributed by atoms with van der Waals surface area (Å²) in [4.78, 5) is 28.9. The van der Waals surface area contributed by atoms with Gasteiger partial charge in [0.15, 0.2) is 17.0 Å². The van der Waals surface area contributed by atoms with Gasteiger partial charge in [-0.25, -0.2) is 19.7 Å². The van der Waals surface area contributed by atoms with Crippen molar-refractivity contribution in [1.82, 2.24) is 24.5 Å². The van der Waals surface area contributed by atoms with E-state index < -0.39 is 6.03 Å². The Morgan fingerprint density at radius 2 is 1.72 bits per heavy atom. The normalized spacial score (nSPS) is 10.6. The third kappa shape index (κ3) is 3.00. The zero-order chi connectivity index (χ0) is 17.1. The molecule has 2 N–H and O–H groups in total. The van der Waals surface area contributed by atoms with Crippen molar-refractivity contribution in [3.8, 4) is 5.69 Å². The van der Waals surface area contributed by atoms with E-state index in [-0.39, 0.29) is 0 Å². The fourth-order valence-corrected chi connectivity index (χ4v) is 2.41. The van der Waals surface area contributed by atoms with Crippen molar-refractivity contribution in [3.63, 3.8) is 0 Å². The zero-order valence-electron chi connectivity index (χ0n) is 13.0. The number of rotatable bonds is 3. The molecule has 1 aromatic carbocycles. The number of imidazole rings is 1. The Morgan fingerprint density at radius 3 is 2.52 bits per heavy atom. The van der Waals surface area contributed by atoms with Crippen LogP contribution in [0.4, 0.5) is 16.3 Å². The minimum Gasteiger partial charge on any atom is -0.308 e. The number of fused-ring (bicyclic) bond motifs is 1. The summed E-state index contributed by atoms with van der Waals surface area (Å²) in [6.07, 6.45) is 6.40. The van der Waals surface area contributed by atoms with Crippen LogP contribution in [0.25, 0.3) is 16.9 Å². The summed E-state index contributed by atoms with van der Waals surface area (Å²) in [6.45, 7) is 0. The molecule has 0 spiro atoms. The number of nitrogens with zero attached hydrogens (tertiary/aromatic N) is 5. The van der Waals surface area contributed by atoms with Crippen LogP contribution in [0.3, 0.4) is 0 Å². The Morgan fingerprint density at radius 1 is 0.920 bits per heavy atom. The first-order chi connectivity index (χ1) is 12.3. The second kappa shape index (κ2) is 6.36. The fourth-order valence-electron chi connectivity index (χ4n) is 2.41. The third-order valence-electron chi connectivity index (χ3n) is 3.54. The van der Waals surface area contributed by atoms with Gasteiger partial charge < -0.3 is 5.32 Å². The maximum absolute atomic E-state index is 12.2. The number of benzene rings is 1. The summed E-state index contributed by atoms with van der Waals surface area (Å²) in [7, 11) is 0. The predicted molar refractivity (Wildman–Crippen MR) is 93.5 cm³/mol. The number of nitrogens with one attached hydrogen (secondary N) is 2. The van der Waals surface area contributed by atoms with Gasteiger partial charge in [-0.3, -0.25) is 14.9 Å². The van der Waals surface area contributed by atoms with E-state index >= 15 is 0 Å². The van der Waals surface area contributed by atoms with Crippen LogP contribution in [-0.4, -0.2) is 30.5 Å². The standard InChI is InChI=1S/C17H13N7O/c25-17(22-12-4-2-1-3-5-12)23-15-14-16(20-10-19-15)24(11-21-14)13-6-8-18-9-7-13/h1-11H,(H2,19,20,22,23,25). The maximum atomic E-state index is 12.2. The average Bonchev–Trinajstić information content (AvgIpc) is 3.08. The quantitative estimate of drug-likeness (QED) is 0.601. The third-order valence-corrected chi connectivity index (χ3v) is 3.54. The van der Waals surface area contributed by atoms with Crippen molar-refractivity contribution in [1.29, 1.82) is 0 Å². The largest absolute Gasteiger partial charge is 0.324 e. The molecule has 0 bridgehead atoms. The lowest BCUT2D eigenvalue weighted by Crippen LogP contribution is -2.20. The minimum atomic E-state index is -0.398. The predicted octanol–water partition coefficient (Wildman–Crippen LogP) is 2.85. The first-order valence-electron chi connectivity index (χ1n) is 7.53. The summed E-state index contributed by atoms with van der Waals surface area (Å²) < 4.78 is 1.80. The Balaban J connectivity index is 1.63. The van der Waals surface area contributed by atoms with Gasteiger partial charge >= 0.3 is 6.03 Å². The molecule has 0 aliphatic heterocycles. The molecule has 3 heterocycles. The Hall–Kier alpha value is -3.81. The maximum Gasteiger partial charge on any atom is 0.324 e. The van der Waals surface area contributed by atoms with Gasteiger partial charge in [0.1, 0.15) is 12.7 Å². The molecule has 25 heavy (non-hydrogen) atoms. The highest BCUT2D eigenvalue weighted by atomic mass is 16.2. The topological polar surface area (TPSA) is 97.6 Å². The van der Waals surface area contributed by atoms with Crippen LogP contribution in [-0.2, 0) is 0 Å². The van der Waals surface area contributed by atoms with Gasteiger partial charge in [0.05, 0.1) is 5.69 Å². The Kier molecular flexibility index (Phi) is 3.76. The highest BCUT2D eigenvalue weighted by molar-refractivity contribution is 6.03. The number of hydrogen-bond donors (Lipinski definition) is 2. The van der Waals surface area contributed by atoms with Gasteiger partial charge in [-0.2, -0.15) is 0 Å². The van der Waals surface area contributed by atoms with Gasteiger partial charge in [-0.05, 0) is 24.3 Å². The van der Waals surface area contributed by atoms with Crippen molar-refractivity contribution in [3.05, 3.63) is 67.5 Å². The molecule has 8 heteroatoms. The SMILES string of the molecule is O=C(Nc1ccccc1)Nc1ncnc2c1ncn2-c1ccncc1. The summed E-state index contributed by atoms with van der Waals surface area (Å²) in [5.41, 5.74) is 2.65. The molecule has 0 aliphatic rings. The van der Waals surface area contributed by atoms with Gasteiger partial charge in [-0.15, -0.1) is 0 Å². The lowest BCUT2D eigenvalue weighted by Gasteiger charge is -2.07. The molecule has 0 saturated heterocycles. The number of hydrogen-bond acceptors (Lipinski definition) is 5. The number of amides is 2. The van der Waals surface area contributed by atoms with Gasteiger partial charge in [0.25, 0.3) is 0 Å². The molecule has 8 nitrogen and oxygen atoms in total. The van der Waals surface area contributed by atoms with Crippen LogP contribution in [0.1, 0.15) is 0 Å². The molecule has 0 radical (unpaired) electrons. The molecule has 4 aromatic rings. The van der Waals surface area contributed by atoms with E-state index in [1.807, 2.05) is 30.3 Å². The van der Waals surface area contributed by atoms with Crippen molar-refractivity contribution in [2.24, 2.45) is 0 Å². The van der Waals surface area contributed by atoms with Gasteiger partial charge in [0.2, 0.25) is 0 Å². The van der Waals surface area contributed by atoms with Crippen LogP contribution >= 0.6 is 0 Å². The van der Waals surface area contributed by atoms with Crippen LogP contribution in [0.15, 0.2) is 67.5 Å². The number of urea groups is 1. The molecule has 4 rings (SSSR count). The summed E-state index contributed by atoms with van der Waals surface area (Å²) >= 11 is 0. The highest BCUT2D eigenvalue weighted by Crippen LogP contribution is 2.20. The number of para-hydroxylation sites is 1. The van der Waals surface area contributed by atoms with E-state index in [1.165, 1.54) is 6.33 Å². The van der Waals surface area contributed by atoms with Crippen LogP contribution in [0.2, 0.25) is 0 Å². The number of anilines is 2. The van der Waals surface area contributed by atoms with Crippen LogP contribution in [0, 0.1) is 0 Å². The molecule has 0 saturated carbocycles. The molecule has 3 aromatic heterocycles. The van der Waals surface area contributed by atoms with Crippen LogP contribution < -0.4 is 10.6 Å². The van der Waals surface area contributed by atoms with Crippen molar-refractivity contribution < 1.29 is 4.79 Å². The fraction of sp³-hybridized carbons (Fsp3) is 0. The molecule has 0 unspecified atom stereocenters. The Labute approximate surface area is 142 Å². The highest BCUT2D eigenvalue weighted by Gasteiger charge is 2.13. The van der Waals surface area contributed by atoms with E-state index in [2.05, 4.69) is 30.6 Å². The Bertz CT molecular complexity index is 1020. The lowest BCUT2D eigenvalue weighted by atomic mass is 10.3. The van der Waals surface area contributed by atoms with E-state index in [0.29, 0.717) is 22.7 Å². The summed E-state index contributed by atoms with van der Waals surface area (Å²) in [5.74, 6) is 0.339. The minimum absolute atomic E-state index is 0.339. The smallest absolute Gasteiger partial charge is 0.308 e. The first kappa shape index (κ1) is 14.8. The second-order valence-corrected chi connectivity index (χ2v) is 5.16. The van der Waals surface area contributed by atoms with E-state index in [1.54, 1.807) is 35.4 Å². The molecule has 2 amide bonds. The van der Waals surface area contributed by atoms with Gasteiger partial charge in [0, 0.05) is 18.1 Å². The molecule has 122 valence electrons. The van der Waals surface area contributed by atoms with Crippen molar-refractivity contribution in [2.45, 2.75) is 0 Å². The van der Waals surface area contributed by atoms with E-state index in [0.717, 1.165) is 5.69 Å². The number of pyridine rings is 1. The first-order valence-corrected chi connectivity index (χ1v) is 7.53. The molecular weight excluding hydrogens is 318 g/mol. The molecule has 0 atom stereocenters. The molecular formula is C17H13N7O. The van der Waals surface area contributed by atoms with E-state index in [9.17, 15) is 4.79 Å². The van der Waals surface area contributed by atoms with E-state index in [4.69, 9.17) is 0 Å². The molecule has 0 aliphatic carbocycles. The van der Waals surface area contributed by atoms with Crippen molar-refractivity contribution >= 4 is 28.7 Å². The summed E-state index contributed by atoms with van der Waals surface area (Å²) in [5, 5.41) is 5.45. The lowest BCUT2D eigenvalue weighted by molar-refractivity contribution is 0.262. The number of carbonyl (C=O) groups excluding carboxylic acids is 1. The van der Waals surface area contributed by atoms with Crippen LogP contribution in [0.5, 0.6) is 0 Å². The van der Waals surface area contributed by atoms with Crippen molar-refractivity contribution in [2.75, 3.05) is 10.6 Å². The monoisotopic (exact) mass is 331 g/mol.